The number of nitrogens with one attached hydrogen (secondary N) is 2. The molecular weight excluding hydrogens is 328 g/mol. The van der Waals surface area contributed by atoms with Crippen LogP contribution in [0.1, 0.15) is 11.1 Å². The van der Waals surface area contributed by atoms with E-state index in [0.29, 0.717) is 16.5 Å². The second-order valence-corrected chi connectivity index (χ2v) is 5.68. The molecule has 2 aromatic carbocycles. The van der Waals surface area contributed by atoms with Gasteiger partial charge in [0.25, 0.3) is 0 Å². The maximum Gasteiger partial charge on any atom is 0.243 e. The molecule has 0 saturated heterocycles. The van der Waals surface area contributed by atoms with Gasteiger partial charge in [0.05, 0.1) is 25.1 Å². The highest BCUT2D eigenvalue weighted by Crippen LogP contribution is 2.27. The number of ether oxygens (including phenoxy) is 1. The van der Waals surface area contributed by atoms with Crippen molar-refractivity contribution in [2.75, 3.05) is 19.0 Å². The van der Waals surface area contributed by atoms with Crippen molar-refractivity contribution in [1.29, 1.82) is 0 Å². The van der Waals surface area contributed by atoms with E-state index < -0.39 is 0 Å². The summed E-state index contributed by atoms with van der Waals surface area (Å²) in [6.07, 6.45) is 0.244. The molecular formula is C18H19ClN2O3. The number of anilines is 1. The molecule has 24 heavy (non-hydrogen) atoms. The Kier molecular flexibility index (Phi) is 6.21. The van der Waals surface area contributed by atoms with Crippen LogP contribution in [0.5, 0.6) is 5.75 Å². The average molecular weight is 347 g/mol. The standard InChI is InChI=1S/C18H19ClN2O3/c1-12-5-3-4-6-13(12)9-17(22)20-11-18(23)21-14-7-8-16(24-2)15(19)10-14/h3-8,10H,9,11H2,1-2H3,(H,20,22)(H,21,23). The van der Waals surface area contributed by atoms with Crippen LogP contribution in [-0.2, 0) is 16.0 Å². The number of carbonyl (C=O) groups excluding carboxylic acids is 2. The van der Waals surface area contributed by atoms with Crippen LogP contribution >= 0.6 is 11.6 Å². The minimum absolute atomic E-state index is 0.103. The van der Waals surface area contributed by atoms with Gasteiger partial charge in [-0.2, -0.15) is 0 Å². The van der Waals surface area contributed by atoms with Gasteiger partial charge in [-0.3, -0.25) is 9.59 Å². The fraction of sp³-hybridized carbons (Fsp3) is 0.222. The van der Waals surface area contributed by atoms with Gasteiger partial charge in [0.2, 0.25) is 11.8 Å². The molecule has 0 radical (unpaired) electrons. The Bertz CT molecular complexity index is 747. The van der Waals surface area contributed by atoms with Crippen molar-refractivity contribution >= 4 is 29.1 Å². The number of rotatable bonds is 6. The average Bonchev–Trinajstić information content (AvgIpc) is 2.55. The number of halogens is 1. The molecule has 2 aromatic rings. The molecule has 0 aliphatic heterocycles. The van der Waals surface area contributed by atoms with Crippen molar-refractivity contribution < 1.29 is 14.3 Å². The fourth-order valence-electron chi connectivity index (χ4n) is 2.17. The molecule has 0 unspecified atom stereocenters. The lowest BCUT2D eigenvalue weighted by Crippen LogP contribution is -2.33. The number of carbonyl (C=O) groups is 2. The van der Waals surface area contributed by atoms with Crippen LogP contribution in [0.2, 0.25) is 5.02 Å². The van der Waals surface area contributed by atoms with Crippen LogP contribution in [0.4, 0.5) is 5.69 Å². The Morgan fingerprint density at radius 2 is 1.88 bits per heavy atom. The predicted octanol–water partition coefficient (Wildman–Crippen LogP) is 2.95. The van der Waals surface area contributed by atoms with E-state index in [2.05, 4.69) is 10.6 Å². The van der Waals surface area contributed by atoms with Crippen molar-refractivity contribution in [3.05, 3.63) is 58.6 Å². The van der Waals surface area contributed by atoms with Crippen LogP contribution in [0.3, 0.4) is 0 Å². The van der Waals surface area contributed by atoms with Crippen LogP contribution in [0, 0.1) is 6.92 Å². The van der Waals surface area contributed by atoms with Gasteiger partial charge in [0, 0.05) is 5.69 Å². The third kappa shape index (κ3) is 4.99. The molecule has 0 aliphatic carbocycles. The highest BCUT2D eigenvalue weighted by molar-refractivity contribution is 6.32. The zero-order valence-corrected chi connectivity index (χ0v) is 14.3. The lowest BCUT2D eigenvalue weighted by molar-refractivity contribution is -0.123. The summed E-state index contributed by atoms with van der Waals surface area (Å²) >= 11 is 6.00. The molecule has 0 spiro atoms. The Morgan fingerprint density at radius 1 is 1.12 bits per heavy atom. The van der Waals surface area contributed by atoms with Gasteiger partial charge in [-0.15, -0.1) is 0 Å². The summed E-state index contributed by atoms with van der Waals surface area (Å²) < 4.78 is 5.05. The number of benzene rings is 2. The summed E-state index contributed by atoms with van der Waals surface area (Å²) in [5.41, 5.74) is 2.53. The third-order valence-corrected chi connectivity index (χ3v) is 3.79. The SMILES string of the molecule is COc1ccc(NC(=O)CNC(=O)Cc2ccccc2C)cc1Cl. The normalized spacial score (nSPS) is 10.1. The third-order valence-electron chi connectivity index (χ3n) is 3.49. The topological polar surface area (TPSA) is 67.4 Å². The summed E-state index contributed by atoms with van der Waals surface area (Å²) in [6.45, 7) is 1.84. The van der Waals surface area contributed by atoms with Crippen molar-refractivity contribution in [2.45, 2.75) is 13.3 Å². The fourth-order valence-corrected chi connectivity index (χ4v) is 2.43. The molecule has 0 atom stereocenters. The van der Waals surface area contributed by atoms with Gasteiger partial charge in [-0.25, -0.2) is 0 Å². The molecule has 126 valence electrons. The van der Waals surface area contributed by atoms with E-state index in [-0.39, 0.29) is 24.8 Å². The Hall–Kier alpha value is -2.53. The summed E-state index contributed by atoms with van der Waals surface area (Å²) in [5, 5.41) is 5.68. The first-order valence-electron chi connectivity index (χ1n) is 7.44. The molecule has 6 heteroatoms. The minimum Gasteiger partial charge on any atom is -0.495 e. The van der Waals surface area contributed by atoms with Crippen LogP contribution in [0.15, 0.2) is 42.5 Å². The highest BCUT2D eigenvalue weighted by atomic mass is 35.5. The first kappa shape index (κ1) is 17.8. The quantitative estimate of drug-likeness (QED) is 0.845. The summed E-state index contributed by atoms with van der Waals surface area (Å²) in [7, 11) is 1.52. The largest absolute Gasteiger partial charge is 0.495 e. The van der Waals surface area contributed by atoms with Gasteiger partial charge in [-0.1, -0.05) is 35.9 Å². The lowest BCUT2D eigenvalue weighted by atomic mass is 10.1. The molecule has 0 aromatic heterocycles. The van der Waals surface area contributed by atoms with Gasteiger partial charge in [-0.05, 0) is 36.2 Å². The van der Waals surface area contributed by atoms with E-state index in [1.54, 1.807) is 18.2 Å². The highest BCUT2D eigenvalue weighted by Gasteiger charge is 2.09. The van der Waals surface area contributed by atoms with Crippen molar-refractivity contribution in [2.24, 2.45) is 0 Å². The van der Waals surface area contributed by atoms with Gasteiger partial charge in [0.15, 0.2) is 0 Å². The van der Waals surface area contributed by atoms with E-state index >= 15 is 0 Å². The lowest BCUT2D eigenvalue weighted by Gasteiger charge is -2.09. The van der Waals surface area contributed by atoms with Crippen LogP contribution < -0.4 is 15.4 Å². The van der Waals surface area contributed by atoms with E-state index in [1.807, 2.05) is 31.2 Å². The van der Waals surface area contributed by atoms with Crippen LogP contribution in [-0.4, -0.2) is 25.5 Å². The van der Waals surface area contributed by atoms with Crippen molar-refractivity contribution in [3.63, 3.8) is 0 Å². The van der Waals surface area contributed by atoms with Gasteiger partial charge >= 0.3 is 0 Å². The molecule has 5 nitrogen and oxygen atoms in total. The molecule has 2 rings (SSSR count). The van der Waals surface area contributed by atoms with E-state index in [1.165, 1.54) is 7.11 Å². The van der Waals surface area contributed by atoms with E-state index in [4.69, 9.17) is 16.3 Å². The summed E-state index contributed by atoms with van der Waals surface area (Å²) in [4.78, 5) is 23.8. The Morgan fingerprint density at radius 3 is 2.54 bits per heavy atom. The minimum atomic E-state index is -0.325. The van der Waals surface area contributed by atoms with E-state index in [9.17, 15) is 9.59 Å². The van der Waals surface area contributed by atoms with Gasteiger partial charge < -0.3 is 15.4 Å². The smallest absolute Gasteiger partial charge is 0.243 e. The number of hydrogen-bond donors (Lipinski definition) is 2. The van der Waals surface area contributed by atoms with Crippen LogP contribution in [0.25, 0.3) is 0 Å². The second-order valence-electron chi connectivity index (χ2n) is 5.28. The molecule has 0 bridgehead atoms. The number of aryl methyl sites for hydroxylation is 1. The number of methoxy groups -OCH3 is 1. The predicted molar refractivity (Wildman–Crippen MR) is 94.5 cm³/mol. The maximum absolute atomic E-state index is 11.9. The number of amides is 2. The van der Waals surface area contributed by atoms with Crippen molar-refractivity contribution in [3.8, 4) is 5.75 Å². The summed E-state index contributed by atoms with van der Waals surface area (Å²) in [6, 6.07) is 12.6. The molecule has 2 amide bonds. The monoisotopic (exact) mass is 346 g/mol. The first-order chi connectivity index (χ1) is 11.5. The molecule has 2 N–H and O–H groups in total. The summed E-state index contributed by atoms with van der Waals surface area (Å²) in [5.74, 6) is 0.00257. The molecule has 0 fully saturated rings. The van der Waals surface area contributed by atoms with Crippen molar-refractivity contribution in [1.82, 2.24) is 5.32 Å². The zero-order valence-electron chi connectivity index (χ0n) is 13.6. The molecule has 0 saturated carbocycles. The van der Waals surface area contributed by atoms with E-state index in [0.717, 1.165) is 11.1 Å². The Balaban J connectivity index is 1.83. The second kappa shape index (κ2) is 8.36. The Labute approximate surface area is 146 Å². The molecule has 0 aliphatic rings. The zero-order chi connectivity index (χ0) is 17.5. The first-order valence-corrected chi connectivity index (χ1v) is 7.82. The van der Waals surface area contributed by atoms with Gasteiger partial charge in [0.1, 0.15) is 5.75 Å². The number of hydrogen-bond acceptors (Lipinski definition) is 3. The molecule has 0 heterocycles. The maximum atomic E-state index is 11.9.